The minimum absolute atomic E-state index is 0.176. The molecule has 10 heteroatoms. The Morgan fingerprint density at radius 1 is 0.536 bits per heavy atom. The first kappa shape index (κ1) is 35.2. The van der Waals surface area contributed by atoms with Crippen LogP contribution in [0.4, 0.5) is 0 Å². The van der Waals surface area contributed by atoms with E-state index in [0.29, 0.717) is 0 Å². The van der Waals surface area contributed by atoms with Gasteiger partial charge in [0.15, 0.2) is 0 Å². The highest BCUT2D eigenvalue weighted by molar-refractivity contribution is 5.85. The second-order valence-corrected chi connectivity index (χ2v) is 4.34. The van der Waals surface area contributed by atoms with Gasteiger partial charge in [-0.15, -0.1) is 0 Å². The second-order valence-electron chi connectivity index (χ2n) is 4.34. The SMILES string of the molecule is C=C(C)C(=O)O.C=C(C)C(=O)O.C=C(C)C(=O)O.C=CC(=O)O.C=CC(=O)O. The van der Waals surface area contributed by atoms with Gasteiger partial charge in [-0.1, -0.05) is 32.9 Å². The molecule has 0 aliphatic heterocycles. The van der Waals surface area contributed by atoms with Gasteiger partial charge in [0.1, 0.15) is 0 Å². The molecule has 0 aromatic carbocycles. The lowest BCUT2D eigenvalue weighted by Crippen LogP contribution is -1.92. The van der Waals surface area contributed by atoms with E-state index in [1.807, 2.05) is 0 Å². The summed E-state index contributed by atoms with van der Waals surface area (Å²) in [5, 5.41) is 38.9. The first-order valence-electron chi connectivity index (χ1n) is 6.84. The third-order valence-corrected chi connectivity index (χ3v) is 1.44. The van der Waals surface area contributed by atoms with E-state index in [0.717, 1.165) is 12.2 Å². The summed E-state index contributed by atoms with van der Waals surface area (Å²) >= 11 is 0. The van der Waals surface area contributed by atoms with Gasteiger partial charge in [-0.2, -0.15) is 0 Å². The zero-order chi connectivity index (χ0) is 24.0. The van der Waals surface area contributed by atoms with E-state index in [9.17, 15) is 24.0 Å². The molecule has 0 saturated heterocycles. The highest BCUT2D eigenvalue weighted by Gasteiger charge is 1.91. The molecular formula is C18H26O10. The van der Waals surface area contributed by atoms with Gasteiger partial charge in [0, 0.05) is 28.9 Å². The van der Waals surface area contributed by atoms with Crippen molar-refractivity contribution in [3.05, 3.63) is 61.8 Å². The van der Waals surface area contributed by atoms with Crippen molar-refractivity contribution in [3.8, 4) is 0 Å². The fourth-order valence-corrected chi connectivity index (χ4v) is 0. The predicted molar refractivity (Wildman–Crippen MR) is 103 cm³/mol. The van der Waals surface area contributed by atoms with Crippen molar-refractivity contribution in [2.75, 3.05) is 0 Å². The van der Waals surface area contributed by atoms with Gasteiger partial charge in [0.25, 0.3) is 0 Å². The van der Waals surface area contributed by atoms with Crippen LogP contribution in [-0.4, -0.2) is 55.4 Å². The Morgan fingerprint density at radius 3 is 0.607 bits per heavy atom. The van der Waals surface area contributed by atoms with Gasteiger partial charge in [-0.25, -0.2) is 24.0 Å². The molecule has 0 saturated carbocycles. The van der Waals surface area contributed by atoms with Crippen molar-refractivity contribution in [2.24, 2.45) is 0 Å². The molecular weight excluding hydrogens is 376 g/mol. The zero-order valence-electron chi connectivity index (χ0n) is 16.0. The van der Waals surface area contributed by atoms with E-state index < -0.39 is 29.8 Å². The van der Waals surface area contributed by atoms with Gasteiger partial charge < -0.3 is 25.5 Å². The van der Waals surface area contributed by atoms with Crippen molar-refractivity contribution >= 4 is 29.8 Å². The highest BCUT2D eigenvalue weighted by atomic mass is 16.4. The van der Waals surface area contributed by atoms with Gasteiger partial charge >= 0.3 is 29.8 Å². The number of carbonyl (C=O) groups is 5. The number of aliphatic carboxylic acids is 5. The Morgan fingerprint density at radius 2 is 0.607 bits per heavy atom. The first-order valence-corrected chi connectivity index (χ1v) is 6.84. The quantitative estimate of drug-likeness (QED) is 0.427. The molecule has 0 unspecified atom stereocenters. The van der Waals surface area contributed by atoms with Crippen LogP contribution in [0.1, 0.15) is 20.8 Å². The summed E-state index contributed by atoms with van der Waals surface area (Å²) < 4.78 is 0. The number of hydrogen-bond acceptors (Lipinski definition) is 5. The summed E-state index contributed by atoms with van der Waals surface area (Å²) in [5.41, 5.74) is 0.528. The fourth-order valence-electron chi connectivity index (χ4n) is 0. The van der Waals surface area contributed by atoms with Crippen LogP contribution in [0, 0.1) is 0 Å². The molecule has 28 heavy (non-hydrogen) atoms. The average Bonchev–Trinajstić information content (AvgIpc) is 2.56. The van der Waals surface area contributed by atoms with E-state index in [4.69, 9.17) is 25.5 Å². The number of carboxylic acid groups (broad SMARTS) is 5. The van der Waals surface area contributed by atoms with Crippen LogP contribution < -0.4 is 0 Å². The lowest BCUT2D eigenvalue weighted by molar-refractivity contribution is -0.133. The molecule has 0 heterocycles. The Bertz CT molecular complexity index is 501. The Hall–Kier alpha value is -3.95. The maximum absolute atomic E-state index is 9.60. The molecule has 0 rings (SSSR count). The van der Waals surface area contributed by atoms with Crippen molar-refractivity contribution in [1.29, 1.82) is 0 Å². The Labute approximate surface area is 162 Å². The molecule has 0 bridgehead atoms. The lowest BCUT2D eigenvalue weighted by atomic mass is 10.4. The molecule has 0 spiro atoms. The van der Waals surface area contributed by atoms with Crippen LogP contribution in [0.3, 0.4) is 0 Å². The molecule has 5 N–H and O–H groups in total. The number of hydrogen-bond donors (Lipinski definition) is 5. The summed E-state index contributed by atoms with van der Waals surface area (Å²) in [4.78, 5) is 47.3. The van der Waals surface area contributed by atoms with Gasteiger partial charge in [-0.05, 0) is 20.8 Å². The smallest absolute Gasteiger partial charge is 0.330 e. The predicted octanol–water partition coefficient (Wildman–Crippen LogP) is 2.46. The van der Waals surface area contributed by atoms with Gasteiger partial charge in [-0.3, -0.25) is 0 Å². The fraction of sp³-hybridized carbons (Fsp3) is 0.167. The van der Waals surface area contributed by atoms with Gasteiger partial charge in [0.05, 0.1) is 0 Å². The van der Waals surface area contributed by atoms with Crippen LogP contribution in [-0.2, 0) is 24.0 Å². The monoisotopic (exact) mass is 402 g/mol. The van der Waals surface area contributed by atoms with E-state index in [1.165, 1.54) is 20.8 Å². The standard InChI is InChI=1S/3C4H6O2.2C3H4O2/c3*1-3(2)4(5)6;2*1-2-3(4)5/h3*1H2,2H3,(H,5,6);2*2H,1H2,(H,4,5). The normalized spacial score (nSPS) is 7.11. The molecule has 10 nitrogen and oxygen atoms in total. The molecule has 0 aliphatic carbocycles. The summed E-state index contributed by atoms with van der Waals surface area (Å²) in [5.74, 6) is -4.77. The van der Waals surface area contributed by atoms with Crippen LogP contribution in [0.2, 0.25) is 0 Å². The largest absolute Gasteiger partial charge is 0.478 e. The molecule has 0 radical (unpaired) electrons. The first-order chi connectivity index (χ1) is 12.5. The van der Waals surface area contributed by atoms with E-state index >= 15 is 0 Å². The van der Waals surface area contributed by atoms with E-state index in [1.54, 1.807) is 0 Å². The van der Waals surface area contributed by atoms with Crippen molar-refractivity contribution in [2.45, 2.75) is 20.8 Å². The molecule has 0 amide bonds. The molecule has 0 fully saturated rings. The average molecular weight is 402 g/mol. The lowest BCUT2D eigenvalue weighted by Gasteiger charge is -1.79. The van der Waals surface area contributed by atoms with Crippen LogP contribution in [0.15, 0.2) is 61.8 Å². The minimum Gasteiger partial charge on any atom is -0.478 e. The molecule has 0 aromatic rings. The highest BCUT2D eigenvalue weighted by Crippen LogP contribution is 1.82. The van der Waals surface area contributed by atoms with Crippen molar-refractivity contribution in [1.82, 2.24) is 0 Å². The summed E-state index contributed by atoms with van der Waals surface area (Å²) in [7, 11) is 0. The Balaban J connectivity index is -0.0000000789. The molecule has 0 atom stereocenters. The van der Waals surface area contributed by atoms with Crippen LogP contribution in [0.25, 0.3) is 0 Å². The topological polar surface area (TPSA) is 186 Å². The second kappa shape index (κ2) is 23.1. The summed E-state index contributed by atoms with van der Waals surface area (Å²) in [6.45, 7) is 19.7. The van der Waals surface area contributed by atoms with Gasteiger partial charge in [0.2, 0.25) is 0 Å². The van der Waals surface area contributed by atoms with E-state index in [-0.39, 0.29) is 16.7 Å². The molecule has 0 aliphatic rings. The van der Waals surface area contributed by atoms with Crippen LogP contribution >= 0.6 is 0 Å². The third-order valence-electron chi connectivity index (χ3n) is 1.44. The number of carboxylic acids is 5. The zero-order valence-corrected chi connectivity index (χ0v) is 16.0. The molecule has 0 aromatic heterocycles. The van der Waals surface area contributed by atoms with Crippen molar-refractivity contribution < 1.29 is 49.5 Å². The third kappa shape index (κ3) is 67.3. The van der Waals surface area contributed by atoms with Crippen LogP contribution in [0.5, 0.6) is 0 Å². The summed E-state index contributed by atoms with van der Waals surface area (Å²) in [6, 6.07) is 0. The summed E-state index contributed by atoms with van der Waals surface area (Å²) in [6.07, 6.45) is 1.67. The Kier molecular flexibility index (Phi) is 29.0. The maximum Gasteiger partial charge on any atom is 0.330 e. The van der Waals surface area contributed by atoms with E-state index in [2.05, 4.69) is 32.9 Å². The number of rotatable bonds is 5. The maximum atomic E-state index is 9.60. The minimum atomic E-state index is -0.981. The molecule has 158 valence electrons. The van der Waals surface area contributed by atoms with Crippen molar-refractivity contribution in [3.63, 3.8) is 0 Å².